The summed E-state index contributed by atoms with van der Waals surface area (Å²) in [6, 6.07) is 0.451. The fraction of sp³-hybridized carbons (Fsp3) is 0.900. The maximum atomic E-state index is 11.6. The molecule has 0 bridgehead atoms. The Morgan fingerprint density at radius 2 is 2.00 bits per heavy atom. The quantitative estimate of drug-likeness (QED) is 0.665. The highest BCUT2D eigenvalue weighted by Gasteiger charge is 2.30. The minimum Gasteiger partial charge on any atom is -0.393 e. The molecular weight excluding hydrogens is 166 g/mol. The summed E-state index contributed by atoms with van der Waals surface area (Å²) >= 11 is 0. The number of carbonyl (C=O) groups is 1. The second kappa shape index (κ2) is 3.66. The van der Waals surface area contributed by atoms with Crippen molar-refractivity contribution in [1.82, 2.24) is 5.32 Å². The summed E-state index contributed by atoms with van der Waals surface area (Å²) in [5.41, 5.74) is 0. The first-order chi connectivity index (χ1) is 6.25. The minimum absolute atomic E-state index is 0.0735. The minimum atomic E-state index is -0.247. The van der Waals surface area contributed by atoms with Gasteiger partial charge in [-0.15, -0.1) is 0 Å². The topological polar surface area (TPSA) is 49.3 Å². The van der Waals surface area contributed by atoms with E-state index in [1.54, 1.807) is 0 Å². The molecule has 0 heterocycles. The van der Waals surface area contributed by atoms with Gasteiger partial charge in [-0.3, -0.25) is 4.79 Å². The van der Waals surface area contributed by atoms with Crippen LogP contribution in [-0.4, -0.2) is 23.2 Å². The molecule has 2 saturated carbocycles. The number of carbonyl (C=O) groups excluding carboxylic acids is 1. The van der Waals surface area contributed by atoms with Crippen molar-refractivity contribution in [2.45, 2.75) is 50.7 Å². The Balaban J connectivity index is 1.80. The average molecular weight is 183 g/mol. The fourth-order valence-electron chi connectivity index (χ4n) is 1.95. The van der Waals surface area contributed by atoms with Crippen LogP contribution in [0, 0.1) is 5.92 Å². The Morgan fingerprint density at radius 3 is 2.62 bits per heavy atom. The zero-order valence-corrected chi connectivity index (χ0v) is 7.83. The predicted molar refractivity (Wildman–Crippen MR) is 49.1 cm³/mol. The smallest absolute Gasteiger partial charge is 0.223 e. The van der Waals surface area contributed by atoms with E-state index in [9.17, 15) is 9.90 Å². The van der Waals surface area contributed by atoms with Gasteiger partial charge in [-0.1, -0.05) is 6.42 Å². The van der Waals surface area contributed by atoms with E-state index in [-0.39, 0.29) is 17.9 Å². The summed E-state index contributed by atoms with van der Waals surface area (Å²) in [4.78, 5) is 11.6. The van der Waals surface area contributed by atoms with Gasteiger partial charge in [-0.25, -0.2) is 0 Å². The molecular formula is C10H17NO2. The van der Waals surface area contributed by atoms with Crippen LogP contribution in [0.4, 0.5) is 0 Å². The van der Waals surface area contributed by atoms with Crippen LogP contribution in [0.1, 0.15) is 38.5 Å². The van der Waals surface area contributed by atoms with Gasteiger partial charge in [-0.2, -0.15) is 0 Å². The van der Waals surface area contributed by atoms with Gasteiger partial charge in [0.15, 0.2) is 0 Å². The van der Waals surface area contributed by atoms with E-state index in [1.807, 2.05) is 0 Å². The van der Waals surface area contributed by atoms with Crippen molar-refractivity contribution in [3.8, 4) is 0 Å². The van der Waals surface area contributed by atoms with Gasteiger partial charge in [0.05, 0.1) is 6.10 Å². The van der Waals surface area contributed by atoms with Crippen LogP contribution < -0.4 is 5.32 Å². The Kier molecular flexibility index (Phi) is 2.54. The number of aliphatic hydroxyl groups is 1. The molecule has 13 heavy (non-hydrogen) atoms. The molecule has 2 rings (SSSR count). The lowest BCUT2D eigenvalue weighted by Gasteiger charge is -2.24. The lowest BCUT2D eigenvalue weighted by atomic mass is 9.87. The number of aliphatic hydroxyl groups excluding tert-OH is 1. The van der Waals surface area contributed by atoms with Crippen LogP contribution in [0.3, 0.4) is 0 Å². The summed E-state index contributed by atoms with van der Waals surface area (Å²) in [5.74, 6) is 0.241. The third-order valence-corrected chi connectivity index (χ3v) is 2.94. The first kappa shape index (κ1) is 9.00. The standard InChI is InChI=1S/C10H17NO2/c12-9-3-1-2-7(6-9)10(13)11-8-4-5-8/h7-9,12H,1-6H2,(H,11,13). The number of nitrogens with one attached hydrogen (secondary N) is 1. The van der Waals surface area contributed by atoms with E-state index < -0.39 is 0 Å². The molecule has 74 valence electrons. The molecule has 2 fully saturated rings. The SMILES string of the molecule is O=C(NC1CC1)C1CCCC(O)C1. The molecule has 2 N–H and O–H groups in total. The van der Waals surface area contributed by atoms with Crippen molar-refractivity contribution in [2.24, 2.45) is 5.92 Å². The number of amides is 1. The lowest BCUT2D eigenvalue weighted by Crippen LogP contribution is -2.36. The Hall–Kier alpha value is -0.570. The zero-order chi connectivity index (χ0) is 9.26. The molecule has 0 aromatic heterocycles. The van der Waals surface area contributed by atoms with E-state index in [4.69, 9.17) is 0 Å². The van der Waals surface area contributed by atoms with Crippen molar-refractivity contribution in [3.05, 3.63) is 0 Å². The molecule has 3 heteroatoms. The Bertz CT molecular complexity index is 201. The summed E-state index contributed by atoms with van der Waals surface area (Å²) in [7, 11) is 0. The highest BCUT2D eigenvalue weighted by atomic mass is 16.3. The molecule has 2 aliphatic rings. The van der Waals surface area contributed by atoms with Crippen LogP contribution in [-0.2, 0) is 4.79 Å². The van der Waals surface area contributed by atoms with E-state index in [0.29, 0.717) is 12.5 Å². The maximum absolute atomic E-state index is 11.6. The fourth-order valence-corrected chi connectivity index (χ4v) is 1.95. The van der Waals surface area contributed by atoms with E-state index >= 15 is 0 Å². The molecule has 0 aliphatic heterocycles. The highest BCUT2D eigenvalue weighted by molar-refractivity contribution is 5.79. The van der Waals surface area contributed by atoms with Crippen molar-refractivity contribution in [2.75, 3.05) is 0 Å². The Morgan fingerprint density at radius 1 is 1.23 bits per heavy atom. The predicted octanol–water partition coefficient (Wildman–Crippen LogP) is 0.816. The molecule has 0 saturated heterocycles. The number of rotatable bonds is 2. The summed E-state index contributed by atoms with van der Waals surface area (Å²) in [5, 5.41) is 12.4. The molecule has 2 unspecified atom stereocenters. The molecule has 2 aliphatic carbocycles. The maximum Gasteiger partial charge on any atom is 0.223 e. The molecule has 0 radical (unpaired) electrons. The second-order valence-electron chi connectivity index (χ2n) is 4.30. The molecule has 2 atom stereocenters. The van der Waals surface area contributed by atoms with E-state index in [0.717, 1.165) is 32.1 Å². The van der Waals surface area contributed by atoms with Gasteiger partial charge < -0.3 is 10.4 Å². The van der Waals surface area contributed by atoms with Crippen molar-refractivity contribution in [3.63, 3.8) is 0 Å². The first-order valence-corrected chi connectivity index (χ1v) is 5.24. The molecule has 0 spiro atoms. The summed E-state index contributed by atoms with van der Waals surface area (Å²) in [6.45, 7) is 0. The number of hydrogen-bond donors (Lipinski definition) is 2. The lowest BCUT2D eigenvalue weighted by molar-refractivity contribution is -0.127. The van der Waals surface area contributed by atoms with Crippen LogP contribution in [0.25, 0.3) is 0 Å². The van der Waals surface area contributed by atoms with Gasteiger partial charge >= 0.3 is 0 Å². The van der Waals surface area contributed by atoms with E-state index in [1.165, 1.54) is 0 Å². The summed E-state index contributed by atoms with van der Waals surface area (Å²) in [6.07, 6.45) is 5.51. The first-order valence-electron chi connectivity index (χ1n) is 5.24. The molecule has 0 aromatic carbocycles. The average Bonchev–Trinajstić information content (AvgIpc) is 2.88. The second-order valence-corrected chi connectivity index (χ2v) is 4.30. The monoisotopic (exact) mass is 183 g/mol. The molecule has 0 aromatic rings. The molecule has 3 nitrogen and oxygen atoms in total. The van der Waals surface area contributed by atoms with Gasteiger partial charge in [-0.05, 0) is 32.1 Å². The normalized spacial score (nSPS) is 34.2. The largest absolute Gasteiger partial charge is 0.393 e. The van der Waals surface area contributed by atoms with Crippen molar-refractivity contribution in [1.29, 1.82) is 0 Å². The van der Waals surface area contributed by atoms with Gasteiger partial charge in [0, 0.05) is 12.0 Å². The number of hydrogen-bond acceptors (Lipinski definition) is 2. The van der Waals surface area contributed by atoms with Crippen molar-refractivity contribution >= 4 is 5.91 Å². The van der Waals surface area contributed by atoms with Crippen LogP contribution >= 0.6 is 0 Å². The van der Waals surface area contributed by atoms with Crippen molar-refractivity contribution < 1.29 is 9.90 Å². The highest BCUT2D eigenvalue weighted by Crippen LogP contribution is 2.26. The van der Waals surface area contributed by atoms with Crippen LogP contribution in [0.5, 0.6) is 0 Å². The zero-order valence-electron chi connectivity index (χ0n) is 7.83. The summed E-state index contributed by atoms with van der Waals surface area (Å²) < 4.78 is 0. The van der Waals surface area contributed by atoms with Gasteiger partial charge in [0.25, 0.3) is 0 Å². The molecule has 1 amide bonds. The third kappa shape index (κ3) is 2.44. The Labute approximate surface area is 78.5 Å². The van der Waals surface area contributed by atoms with Gasteiger partial charge in [0.2, 0.25) is 5.91 Å². The van der Waals surface area contributed by atoms with Crippen LogP contribution in [0.15, 0.2) is 0 Å². The van der Waals surface area contributed by atoms with Gasteiger partial charge in [0.1, 0.15) is 0 Å². The van der Waals surface area contributed by atoms with E-state index in [2.05, 4.69) is 5.32 Å². The van der Waals surface area contributed by atoms with Crippen LogP contribution in [0.2, 0.25) is 0 Å². The third-order valence-electron chi connectivity index (χ3n) is 2.94.